The zero-order valence-electron chi connectivity index (χ0n) is 14.3. The van der Waals surface area contributed by atoms with Gasteiger partial charge in [-0.15, -0.1) is 0 Å². The van der Waals surface area contributed by atoms with Crippen LogP contribution in [-0.2, 0) is 11.3 Å². The van der Waals surface area contributed by atoms with Crippen molar-refractivity contribution in [3.8, 4) is 0 Å². The van der Waals surface area contributed by atoms with E-state index in [1.165, 1.54) is 6.07 Å². The van der Waals surface area contributed by atoms with Crippen molar-refractivity contribution in [3.05, 3.63) is 35.4 Å². The van der Waals surface area contributed by atoms with Gasteiger partial charge < -0.3 is 15.4 Å². The minimum absolute atomic E-state index is 0.0882. The summed E-state index contributed by atoms with van der Waals surface area (Å²) in [6.07, 6.45) is 0. The fourth-order valence-electron chi connectivity index (χ4n) is 2.56. The van der Waals surface area contributed by atoms with Crippen LogP contribution in [0.25, 0.3) is 0 Å². The van der Waals surface area contributed by atoms with E-state index in [9.17, 15) is 8.78 Å². The van der Waals surface area contributed by atoms with Crippen LogP contribution < -0.4 is 10.6 Å². The van der Waals surface area contributed by atoms with Gasteiger partial charge in [-0.25, -0.2) is 13.8 Å². The molecule has 5 nitrogen and oxygen atoms in total. The Kier molecular flexibility index (Phi) is 7.39. The number of rotatable bonds is 6. The van der Waals surface area contributed by atoms with Gasteiger partial charge in [-0.05, 0) is 32.0 Å². The van der Waals surface area contributed by atoms with Crippen LogP contribution in [-0.4, -0.2) is 56.3 Å². The Morgan fingerprint density at radius 2 is 2.04 bits per heavy atom. The van der Waals surface area contributed by atoms with Gasteiger partial charge in [-0.1, -0.05) is 0 Å². The number of morpholine rings is 1. The van der Waals surface area contributed by atoms with Crippen LogP contribution in [0.5, 0.6) is 0 Å². The summed E-state index contributed by atoms with van der Waals surface area (Å²) < 4.78 is 32.2. The molecule has 2 N–H and O–H groups in total. The smallest absolute Gasteiger partial charge is 0.191 e. The molecule has 1 aliphatic heterocycles. The summed E-state index contributed by atoms with van der Waals surface area (Å²) in [6, 6.07) is 3.75. The highest BCUT2D eigenvalue weighted by molar-refractivity contribution is 5.79. The topological polar surface area (TPSA) is 48.9 Å². The Bertz CT molecular complexity index is 547. The lowest BCUT2D eigenvalue weighted by molar-refractivity contribution is 0.0211. The highest BCUT2D eigenvalue weighted by atomic mass is 19.1. The quantitative estimate of drug-likeness (QED) is 0.612. The van der Waals surface area contributed by atoms with E-state index in [-0.39, 0.29) is 12.1 Å². The molecule has 0 amide bonds. The van der Waals surface area contributed by atoms with Gasteiger partial charge in [0.1, 0.15) is 11.6 Å². The Balaban J connectivity index is 1.91. The van der Waals surface area contributed by atoms with E-state index >= 15 is 0 Å². The molecule has 1 aliphatic rings. The van der Waals surface area contributed by atoms with Gasteiger partial charge in [-0.3, -0.25) is 4.90 Å². The zero-order valence-corrected chi connectivity index (χ0v) is 14.3. The van der Waals surface area contributed by atoms with E-state index < -0.39 is 11.6 Å². The number of nitrogens with zero attached hydrogens (tertiary/aromatic N) is 2. The number of halogens is 2. The molecule has 1 atom stereocenters. The Labute approximate surface area is 142 Å². The zero-order chi connectivity index (χ0) is 17.4. The van der Waals surface area contributed by atoms with Crippen molar-refractivity contribution in [2.24, 2.45) is 4.99 Å². The minimum Gasteiger partial charge on any atom is -0.379 e. The lowest BCUT2D eigenvalue weighted by Crippen LogP contribution is -2.49. The van der Waals surface area contributed by atoms with Gasteiger partial charge in [0.15, 0.2) is 5.96 Å². The summed E-state index contributed by atoms with van der Waals surface area (Å²) in [5.41, 5.74) is 0.244. The van der Waals surface area contributed by atoms with Crippen molar-refractivity contribution in [2.45, 2.75) is 26.4 Å². The first-order valence-electron chi connectivity index (χ1n) is 8.38. The molecule has 2 rings (SSSR count). The number of hydrogen-bond acceptors (Lipinski definition) is 3. The third-order valence-electron chi connectivity index (χ3n) is 3.99. The summed E-state index contributed by atoms with van der Waals surface area (Å²) in [5.74, 6) is -0.306. The van der Waals surface area contributed by atoms with Gasteiger partial charge in [0.2, 0.25) is 0 Å². The molecule has 0 aliphatic carbocycles. The van der Waals surface area contributed by atoms with Gasteiger partial charge in [-0.2, -0.15) is 0 Å². The van der Waals surface area contributed by atoms with Crippen molar-refractivity contribution in [2.75, 3.05) is 39.4 Å². The van der Waals surface area contributed by atoms with Crippen LogP contribution >= 0.6 is 0 Å². The van der Waals surface area contributed by atoms with Gasteiger partial charge in [0, 0.05) is 37.8 Å². The average Bonchev–Trinajstić information content (AvgIpc) is 2.60. The summed E-state index contributed by atoms with van der Waals surface area (Å²) in [6.45, 7) is 8.98. The first-order valence-corrected chi connectivity index (χ1v) is 8.38. The second kappa shape index (κ2) is 9.54. The Morgan fingerprint density at radius 3 is 2.75 bits per heavy atom. The first-order chi connectivity index (χ1) is 11.6. The number of guanidine groups is 1. The van der Waals surface area contributed by atoms with Crippen LogP contribution in [0.3, 0.4) is 0 Å². The predicted octanol–water partition coefficient (Wildman–Crippen LogP) is 1.74. The molecule has 1 aromatic carbocycles. The summed E-state index contributed by atoms with van der Waals surface area (Å²) in [5, 5.41) is 6.39. The van der Waals surface area contributed by atoms with Crippen molar-refractivity contribution in [1.82, 2.24) is 15.5 Å². The fraction of sp³-hybridized carbons (Fsp3) is 0.588. The molecule has 24 heavy (non-hydrogen) atoms. The number of aliphatic imine (C=N–C) groups is 1. The van der Waals surface area contributed by atoms with Gasteiger partial charge in [0.25, 0.3) is 0 Å². The SMILES string of the molecule is CCNC(=NCc1cc(F)ccc1F)NCC(C)N1CCOCC1. The molecule has 0 spiro atoms. The molecule has 134 valence electrons. The molecule has 1 aromatic rings. The Morgan fingerprint density at radius 1 is 1.29 bits per heavy atom. The van der Waals surface area contributed by atoms with Gasteiger partial charge >= 0.3 is 0 Å². The van der Waals surface area contributed by atoms with Crippen molar-refractivity contribution in [1.29, 1.82) is 0 Å². The third-order valence-corrected chi connectivity index (χ3v) is 3.99. The minimum atomic E-state index is -0.458. The van der Waals surface area contributed by atoms with Crippen molar-refractivity contribution >= 4 is 5.96 Å². The molecule has 0 saturated carbocycles. The van der Waals surface area contributed by atoms with Crippen molar-refractivity contribution < 1.29 is 13.5 Å². The molecule has 0 bridgehead atoms. The van der Waals surface area contributed by atoms with Crippen LogP contribution in [0, 0.1) is 11.6 Å². The van der Waals surface area contributed by atoms with E-state index in [4.69, 9.17) is 4.74 Å². The summed E-state index contributed by atoms with van der Waals surface area (Å²) >= 11 is 0. The standard InChI is InChI=1S/C17H26F2N4O/c1-3-20-17(21-11-13(2)23-6-8-24-9-7-23)22-12-14-10-15(18)4-5-16(14)19/h4-5,10,13H,3,6-9,11-12H2,1-2H3,(H2,20,21,22). The normalized spacial score (nSPS) is 17.6. The number of ether oxygens (including phenoxy) is 1. The number of benzene rings is 1. The molecule has 0 radical (unpaired) electrons. The van der Waals surface area contributed by atoms with Crippen LogP contribution in [0.4, 0.5) is 8.78 Å². The molecular weight excluding hydrogens is 314 g/mol. The monoisotopic (exact) mass is 340 g/mol. The predicted molar refractivity (Wildman–Crippen MR) is 91.0 cm³/mol. The molecule has 1 fully saturated rings. The summed E-state index contributed by atoms with van der Waals surface area (Å²) in [7, 11) is 0. The van der Waals surface area contributed by atoms with E-state index in [1.54, 1.807) is 0 Å². The lowest BCUT2D eigenvalue weighted by atomic mass is 10.2. The lowest BCUT2D eigenvalue weighted by Gasteiger charge is -2.32. The molecule has 1 unspecified atom stereocenters. The molecule has 0 aromatic heterocycles. The third kappa shape index (κ3) is 5.72. The van der Waals surface area contributed by atoms with E-state index in [0.29, 0.717) is 18.5 Å². The maximum atomic E-state index is 13.7. The second-order valence-corrected chi connectivity index (χ2v) is 5.81. The first kappa shape index (κ1) is 18.6. The highest BCUT2D eigenvalue weighted by Crippen LogP contribution is 2.10. The van der Waals surface area contributed by atoms with E-state index in [0.717, 1.165) is 45.0 Å². The fourth-order valence-corrected chi connectivity index (χ4v) is 2.56. The largest absolute Gasteiger partial charge is 0.379 e. The number of hydrogen-bond donors (Lipinski definition) is 2. The van der Waals surface area contributed by atoms with Gasteiger partial charge in [0.05, 0.1) is 19.8 Å². The maximum absolute atomic E-state index is 13.7. The van der Waals surface area contributed by atoms with E-state index in [2.05, 4.69) is 27.4 Å². The molecule has 1 saturated heterocycles. The maximum Gasteiger partial charge on any atom is 0.191 e. The number of nitrogens with one attached hydrogen (secondary N) is 2. The van der Waals surface area contributed by atoms with E-state index in [1.807, 2.05) is 6.92 Å². The molecular formula is C17H26F2N4O. The highest BCUT2D eigenvalue weighted by Gasteiger charge is 2.17. The van der Waals surface area contributed by atoms with Crippen LogP contribution in [0.2, 0.25) is 0 Å². The van der Waals surface area contributed by atoms with Crippen LogP contribution in [0.1, 0.15) is 19.4 Å². The molecule has 1 heterocycles. The van der Waals surface area contributed by atoms with Crippen LogP contribution in [0.15, 0.2) is 23.2 Å². The second-order valence-electron chi connectivity index (χ2n) is 5.81. The van der Waals surface area contributed by atoms with Crippen molar-refractivity contribution in [3.63, 3.8) is 0 Å². The average molecular weight is 340 g/mol. The summed E-state index contributed by atoms with van der Waals surface area (Å²) in [4.78, 5) is 6.70. The Hall–Kier alpha value is -1.73. The molecule has 7 heteroatoms.